The summed E-state index contributed by atoms with van der Waals surface area (Å²) in [6.45, 7) is 3.06. The first kappa shape index (κ1) is 21.2. The fraction of sp³-hybridized carbons (Fsp3) is 0.368. The number of carbonyl (C=O) groups is 2. The lowest BCUT2D eigenvalue weighted by Crippen LogP contribution is -2.23. The van der Waals surface area contributed by atoms with Gasteiger partial charge in [0.05, 0.1) is 0 Å². The van der Waals surface area contributed by atoms with Gasteiger partial charge in [0, 0.05) is 36.5 Å². The molecule has 0 saturated heterocycles. The number of carbonyl (C=O) groups excluding carboxylic acids is 2. The Morgan fingerprint density at radius 3 is 2.71 bits per heavy atom. The van der Waals surface area contributed by atoms with Gasteiger partial charge in [0.25, 0.3) is 12.3 Å². The molecule has 0 aliphatic rings. The molecule has 0 aliphatic heterocycles. The van der Waals surface area contributed by atoms with E-state index >= 15 is 0 Å². The number of aromatic nitrogens is 2. The highest BCUT2D eigenvalue weighted by atomic mass is 19.3. The summed E-state index contributed by atoms with van der Waals surface area (Å²) in [7, 11) is 0. The Hall–Kier alpha value is -3.10. The first-order valence-corrected chi connectivity index (χ1v) is 8.79. The Balaban J connectivity index is 1.95. The van der Waals surface area contributed by atoms with Gasteiger partial charge in [-0.15, -0.1) is 0 Å². The van der Waals surface area contributed by atoms with Gasteiger partial charge >= 0.3 is 0 Å². The number of hydrogen-bond donors (Lipinski definition) is 2. The van der Waals surface area contributed by atoms with Crippen molar-refractivity contribution in [2.75, 3.05) is 11.9 Å². The summed E-state index contributed by atoms with van der Waals surface area (Å²) in [6, 6.07) is 4.74. The minimum Gasteiger partial charge on any atom is -0.471 e. The van der Waals surface area contributed by atoms with Crippen molar-refractivity contribution >= 4 is 17.6 Å². The standard InChI is InChI=1S/C19H22F2N4O3/c1-3-4-17(26)25-16-8-14(5-6-22-16)18(27)23-9-13-7-12(2)19(24-10-13)28-11-15(20)21/h5-8,10,15H,3-4,9,11H2,1-2H3,(H,23,27)(H,22,25,26). The highest BCUT2D eigenvalue weighted by Gasteiger charge is 2.11. The largest absolute Gasteiger partial charge is 0.471 e. The van der Waals surface area contributed by atoms with E-state index in [1.54, 1.807) is 13.0 Å². The zero-order chi connectivity index (χ0) is 20.5. The third kappa shape index (κ3) is 6.57. The van der Waals surface area contributed by atoms with Crippen LogP contribution in [0.2, 0.25) is 0 Å². The third-order valence-corrected chi connectivity index (χ3v) is 3.65. The van der Waals surface area contributed by atoms with Crippen molar-refractivity contribution in [1.82, 2.24) is 15.3 Å². The minimum atomic E-state index is -2.57. The second-order valence-electron chi connectivity index (χ2n) is 6.08. The molecule has 0 atom stereocenters. The summed E-state index contributed by atoms with van der Waals surface area (Å²) in [5, 5.41) is 5.38. The summed E-state index contributed by atoms with van der Waals surface area (Å²) in [5.74, 6) is -0.0616. The van der Waals surface area contributed by atoms with Gasteiger partial charge in [0.15, 0.2) is 6.61 Å². The molecule has 0 spiro atoms. The fourth-order valence-corrected chi connectivity index (χ4v) is 2.37. The number of nitrogens with one attached hydrogen (secondary N) is 2. The molecule has 0 unspecified atom stereocenters. The molecule has 0 saturated carbocycles. The molecule has 2 amide bonds. The van der Waals surface area contributed by atoms with Crippen LogP contribution in [0.3, 0.4) is 0 Å². The normalized spacial score (nSPS) is 10.6. The van der Waals surface area contributed by atoms with Crippen LogP contribution in [0.25, 0.3) is 0 Å². The molecule has 0 fully saturated rings. The van der Waals surface area contributed by atoms with Crippen LogP contribution in [0, 0.1) is 6.92 Å². The van der Waals surface area contributed by atoms with E-state index in [1.165, 1.54) is 24.5 Å². The molecule has 2 heterocycles. The molecule has 0 radical (unpaired) electrons. The lowest BCUT2D eigenvalue weighted by molar-refractivity contribution is -0.116. The van der Waals surface area contributed by atoms with E-state index < -0.39 is 13.0 Å². The van der Waals surface area contributed by atoms with E-state index in [0.717, 1.165) is 0 Å². The summed E-state index contributed by atoms with van der Waals surface area (Å²) < 4.78 is 29.3. The minimum absolute atomic E-state index is 0.136. The van der Waals surface area contributed by atoms with Gasteiger partial charge in [-0.25, -0.2) is 18.7 Å². The first-order valence-electron chi connectivity index (χ1n) is 8.79. The van der Waals surface area contributed by atoms with Gasteiger partial charge in [-0.1, -0.05) is 6.92 Å². The third-order valence-electron chi connectivity index (χ3n) is 3.65. The van der Waals surface area contributed by atoms with Crippen molar-refractivity contribution < 1.29 is 23.1 Å². The second kappa shape index (κ2) is 10.3. The van der Waals surface area contributed by atoms with Crippen LogP contribution in [0.1, 0.15) is 41.3 Å². The van der Waals surface area contributed by atoms with E-state index in [4.69, 9.17) is 4.74 Å². The number of aryl methyl sites for hydroxylation is 1. The van der Waals surface area contributed by atoms with Crippen LogP contribution in [-0.4, -0.2) is 34.8 Å². The Morgan fingerprint density at radius 2 is 2.04 bits per heavy atom. The van der Waals surface area contributed by atoms with Crippen molar-refractivity contribution in [2.24, 2.45) is 0 Å². The number of alkyl halides is 2. The number of ether oxygens (including phenoxy) is 1. The number of halogens is 2. The number of amides is 2. The lowest BCUT2D eigenvalue weighted by Gasteiger charge is -2.10. The molecular weight excluding hydrogens is 370 g/mol. The molecule has 0 aromatic carbocycles. The number of hydrogen-bond acceptors (Lipinski definition) is 5. The molecule has 2 aromatic rings. The summed E-state index contributed by atoms with van der Waals surface area (Å²) >= 11 is 0. The molecule has 9 heteroatoms. The Bertz CT molecular complexity index is 831. The molecule has 0 aliphatic carbocycles. The van der Waals surface area contributed by atoms with Crippen molar-refractivity contribution in [2.45, 2.75) is 39.7 Å². The van der Waals surface area contributed by atoms with Crippen LogP contribution in [0.4, 0.5) is 14.6 Å². The van der Waals surface area contributed by atoms with Crippen LogP contribution in [0.5, 0.6) is 5.88 Å². The van der Waals surface area contributed by atoms with Crippen molar-refractivity contribution in [1.29, 1.82) is 0 Å². The van der Waals surface area contributed by atoms with Gasteiger partial charge in [0.2, 0.25) is 11.8 Å². The second-order valence-corrected chi connectivity index (χ2v) is 6.08. The molecule has 28 heavy (non-hydrogen) atoms. The summed E-state index contributed by atoms with van der Waals surface area (Å²) in [6.07, 6.45) is 1.42. The predicted molar refractivity (Wildman–Crippen MR) is 99.4 cm³/mol. The van der Waals surface area contributed by atoms with E-state index in [2.05, 4.69) is 20.6 Å². The van der Waals surface area contributed by atoms with E-state index in [1.807, 2.05) is 6.92 Å². The summed E-state index contributed by atoms with van der Waals surface area (Å²) in [5.41, 5.74) is 1.64. The zero-order valence-corrected chi connectivity index (χ0v) is 15.7. The van der Waals surface area contributed by atoms with Crippen LogP contribution >= 0.6 is 0 Å². The smallest absolute Gasteiger partial charge is 0.272 e. The number of anilines is 1. The topological polar surface area (TPSA) is 93.2 Å². The molecule has 2 N–H and O–H groups in total. The molecular formula is C19H22F2N4O3. The van der Waals surface area contributed by atoms with Gasteiger partial charge in [0.1, 0.15) is 5.82 Å². The van der Waals surface area contributed by atoms with Crippen molar-refractivity contribution in [3.63, 3.8) is 0 Å². The van der Waals surface area contributed by atoms with E-state index in [0.29, 0.717) is 35.3 Å². The SMILES string of the molecule is CCCC(=O)Nc1cc(C(=O)NCc2cnc(OCC(F)F)c(C)c2)ccn1. The maximum atomic E-state index is 12.3. The van der Waals surface area contributed by atoms with Crippen LogP contribution in [0.15, 0.2) is 30.6 Å². The average Bonchev–Trinajstić information content (AvgIpc) is 2.65. The van der Waals surface area contributed by atoms with Gasteiger partial charge in [-0.2, -0.15) is 0 Å². The Kier molecular flexibility index (Phi) is 7.79. The maximum absolute atomic E-state index is 12.3. The number of pyridine rings is 2. The van der Waals surface area contributed by atoms with Crippen LogP contribution < -0.4 is 15.4 Å². The fourth-order valence-electron chi connectivity index (χ4n) is 2.37. The number of nitrogens with zero attached hydrogens (tertiary/aromatic N) is 2. The monoisotopic (exact) mass is 392 g/mol. The molecule has 0 bridgehead atoms. The molecule has 150 valence electrons. The highest BCUT2D eigenvalue weighted by Crippen LogP contribution is 2.16. The van der Waals surface area contributed by atoms with Gasteiger partial charge in [-0.05, 0) is 37.1 Å². The van der Waals surface area contributed by atoms with Gasteiger partial charge < -0.3 is 15.4 Å². The van der Waals surface area contributed by atoms with E-state index in [9.17, 15) is 18.4 Å². The Labute approximate surface area is 161 Å². The maximum Gasteiger partial charge on any atom is 0.272 e. The average molecular weight is 392 g/mol. The molecule has 2 rings (SSSR count). The zero-order valence-electron chi connectivity index (χ0n) is 15.7. The van der Waals surface area contributed by atoms with Crippen molar-refractivity contribution in [3.05, 3.63) is 47.3 Å². The first-order chi connectivity index (χ1) is 13.4. The van der Waals surface area contributed by atoms with Gasteiger partial charge in [-0.3, -0.25) is 9.59 Å². The number of rotatable bonds is 9. The van der Waals surface area contributed by atoms with E-state index in [-0.39, 0.29) is 24.2 Å². The van der Waals surface area contributed by atoms with Crippen molar-refractivity contribution in [3.8, 4) is 5.88 Å². The quantitative estimate of drug-likeness (QED) is 0.684. The lowest BCUT2D eigenvalue weighted by atomic mass is 10.2. The summed E-state index contributed by atoms with van der Waals surface area (Å²) in [4.78, 5) is 32.0. The highest BCUT2D eigenvalue weighted by molar-refractivity contribution is 5.96. The van der Waals surface area contributed by atoms with Crippen LogP contribution in [-0.2, 0) is 11.3 Å². The Morgan fingerprint density at radius 1 is 1.25 bits per heavy atom. The molecule has 7 nitrogen and oxygen atoms in total. The molecule has 2 aromatic heterocycles. The predicted octanol–water partition coefficient (Wildman–Crippen LogP) is 3.10.